The fourth-order valence-corrected chi connectivity index (χ4v) is 3.24. The van der Waals surface area contributed by atoms with Crippen molar-refractivity contribution in [3.63, 3.8) is 0 Å². The lowest BCUT2D eigenvalue weighted by atomic mass is 9.82. The van der Waals surface area contributed by atoms with E-state index in [0.29, 0.717) is 25.2 Å². The van der Waals surface area contributed by atoms with Crippen LogP contribution in [0.4, 0.5) is 0 Å². The number of unbranched alkanes of at least 4 members (excludes halogenated alkanes) is 6. The molecule has 0 N–H and O–H groups in total. The first-order valence-electron chi connectivity index (χ1n) is 10.1. The van der Waals surface area contributed by atoms with Crippen LogP contribution in [0.15, 0.2) is 28.7 Å². The van der Waals surface area contributed by atoms with Gasteiger partial charge in [0.25, 0.3) is 0 Å². The molecule has 0 radical (unpaired) electrons. The van der Waals surface area contributed by atoms with Crippen molar-refractivity contribution >= 4 is 27.9 Å². The highest BCUT2D eigenvalue weighted by molar-refractivity contribution is 9.10. The van der Waals surface area contributed by atoms with E-state index in [1.54, 1.807) is 24.3 Å². The van der Waals surface area contributed by atoms with Crippen LogP contribution in [0.25, 0.3) is 0 Å². The second kappa shape index (κ2) is 12.9. The monoisotopic (exact) mass is 440 g/mol. The summed E-state index contributed by atoms with van der Waals surface area (Å²) in [5, 5.41) is 0. The molecule has 0 spiro atoms. The SMILES string of the molecule is CCCCCCCCCOC(=O)C(CC)(CC)C(=O)Oc1ccc(Br)cc1. The van der Waals surface area contributed by atoms with Gasteiger partial charge in [-0.25, -0.2) is 0 Å². The van der Waals surface area contributed by atoms with Crippen LogP contribution in [0, 0.1) is 5.41 Å². The van der Waals surface area contributed by atoms with Crippen molar-refractivity contribution in [3.05, 3.63) is 28.7 Å². The highest BCUT2D eigenvalue weighted by atomic mass is 79.9. The number of hydrogen-bond acceptors (Lipinski definition) is 4. The van der Waals surface area contributed by atoms with Crippen molar-refractivity contribution < 1.29 is 19.1 Å². The van der Waals surface area contributed by atoms with E-state index < -0.39 is 17.4 Å². The molecule has 152 valence electrons. The van der Waals surface area contributed by atoms with Crippen LogP contribution in [0.5, 0.6) is 5.75 Å². The Kier molecular flexibility index (Phi) is 11.3. The molecule has 0 aliphatic heterocycles. The van der Waals surface area contributed by atoms with E-state index in [1.165, 1.54) is 25.7 Å². The average molecular weight is 441 g/mol. The number of carbonyl (C=O) groups is 2. The van der Waals surface area contributed by atoms with Crippen molar-refractivity contribution in [1.29, 1.82) is 0 Å². The molecule has 0 atom stereocenters. The third kappa shape index (κ3) is 7.65. The fourth-order valence-electron chi connectivity index (χ4n) is 2.98. The molecule has 5 heteroatoms. The van der Waals surface area contributed by atoms with Crippen LogP contribution in [0.1, 0.15) is 78.6 Å². The van der Waals surface area contributed by atoms with Crippen molar-refractivity contribution in [2.24, 2.45) is 5.41 Å². The van der Waals surface area contributed by atoms with E-state index in [-0.39, 0.29) is 0 Å². The Morgan fingerprint density at radius 3 is 1.96 bits per heavy atom. The summed E-state index contributed by atoms with van der Waals surface area (Å²) < 4.78 is 11.8. The molecule has 1 rings (SSSR count). The molecule has 27 heavy (non-hydrogen) atoms. The average Bonchev–Trinajstić information content (AvgIpc) is 2.67. The van der Waals surface area contributed by atoms with Gasteiger partial charge in [0.05, 0.1) is 6.61 Å². The van der Waals surface area contributed by atoms with E-state index in [1.807, 2.05) is 13.8 Å². The molecule has 0 aromatic heterocycles. The normalized spacial score (nSPS) is 11.3. The maximum atomic E-state index is 12.7. The Labute approximate surface area is 172 Å². The summed E-state index contributed by atoms with van der Waals surface area (Å²) in [7, 11) is 0. The summed E-state index contributed by atoms with van der Waals surface area (Å²) in [6.45, 7) is 6.21. The summed E-state index contributed by atoms with van der Waals surface area (Å²) >= 11 is 3.35. The van der Waals surface area contributed by atoms with Crippen molar-refractivity contribution in [3.8, 4) is 5.75 Å². The molecular formula is C22H33BrO4. The number of hydrogen-bond donors (Lipinski definition) is 0. The van der Waals surface area contributed by atoms with E-state index in [0.717, 1.165) is 23.7 Å². The molecule has 0 unspecified atom stereocenters. The van der Waals surface area contributed by atoms with Crippen LogP contribution in [-0.2, 0) is 14.3 Å². The number of carbonyl (C=O) groups excluding carboxylic acids is 2. The Morgan fingerprint density at radius 2 is 1.41 bits per heavy atom. The fraction of sp³-hybridized carbons (Fsp3) is 0.636. The minimum Gasteiger partial charge on any atom is -0.465 e. The van der Waals surface area contributed by atoms with Gasteiger partial charge in [-0.3, -0.25) is 9.59 Å². The molecule has 0 amide bonds. The van der Waals surface area contributed by atoms with Crippen molar-refractivity contribution in [2.45, 2.75) is 78.6 Å². The molecule has 0 fully saturated rings. The lowest BCUT2D eigenvalue weighted by molar-refractivity contribution is -0.168. The number of esters is 2. The lowest BCUT2D eigenvalue weighted by Crippen LogP contribution is -2.42. The third-order valence-electron chi connectivity index (χ3n) is 4.99. The Hall–Kier alpha value is -1.36. The minimum atomic E-state index is -1.24. The Bertz CT molecular complexity index is 564. The van der Waals surface area contributed by atoms with Gasteiger partial charge in [-0.15, -0.1) is 0 Å². The maximum Gasteiger partial charge on any atom is 0.328 e. The zero-order valence-electron chi connectivity index (χ0n) is 16.9. The van der Waals surface area contributed by atoms with E-state index in [4.69, 9.17) is 9.47 Å². The zero-order chi connectivity index (χ0) is 20.1. The maximum absolute atomic E-state index is 12.7. The van der Waals surface area contributed by atoms with Gasteiger partial charge in [-0.2, -0.15) is 0 Å². The smallest absolute Gasteiger partial charge is 0.328 e. The number of ether oxygens (including phenoxy) is 2. The molecule has 4 nitrogen and oxygen atoms in total. The van der Waals surface area contributed by atoms with Gasteiger partial charge < -0.3 is 9.47 Å². The van der Waals surface area contributed by atoms with Crippen LogP contribution < -0.4 is 4.74 Å². The van der Waals surface area contributed by atoms with Crippen LogP contribution in [0.3, 0.4) is 0 Å². The van der Waals surface area contributed by atoms with Gasteiger partial charge in [0.15, 0.2) is 5.41 Å². The van der Waals surface area contributed by atoms with Gasteiger partial charge in [0.1, 0.15) is 5.75 Å². The Balaban J connectivity index is 2.52. The Morgan fingerprint density at radius 1 is 0.852 bits per heavy atom. The molecular weight excluding hydrogens is 408 g/mol. The first-order chi connectivity index (χ1) is 13.0. The third-order valence-corrected chi connectivity index (χ3v) is 5.52. The second-order valence-electron chi connectivity index (χ2n) is 6.89. The highest BCUT2D eigenvalue weighted by Gasteiger charge is 2.46. The number of halogens is 1. The van der Waals surface area contributed by atoms with Crippen molar-refractivity contribution in [1.82, 2.24) is 0 Å². The summed E-state index contributed by atoms with van der Waals surface area (Å²) in [6, 6.07) is 6.98. The van der Waals surface area contributed by atoms with Gasteiger partial charge in [-0.1, -0.05) is 75.2 Å². The van der Waals surface area contributed by atoms with Crippen LogP contribution in [-0.4, -0.2) is 18.5 Å². The predicted octanol–water partition coefficient (Wildman–Crippen LogP) is 6.45. The summed E-state index contributed by atoms with van der Waals surface area (Å²) in [6.07, 6.45) is 8.78. The van der Waals surface area contributed by atoms with Gasteiger partial charge in [-0.05, 0) is 43.5 Å². The highest BCUT2D eigenvalue weighted by Crippen LogP contribution is 2.31. The standard InChI is InChI=1S/C22H33BrO4/c1-4-7-8-9-10-11-12-17-26-20(24)22(5-2,6-3)21(25)27-19-15-13-18(23)14-16-19/h13-16H,4-12,17H2,1-3H3. The molecule has 0 aliphatic carbocycles. The molecule has 0 bridgehead atoms. The lowest BCUT2D eigenvalue weighted by Gasteiger charge is -2.26. The van der Waals surface area contributed by atoms with E-state index in [9.17, 15) is 9.59 Å². The summed E-state index contributed by atoms with van der Waals surface area (Å²) in [5.74, 6) is -0.589. The van der Waals surface area contributed by atoms with Crippen molar-refractivity contribution in [2.75, 3.05) is 6.61 Å². The molecule has 1 aromatic rings. The van der Waals surface area contributed by atoms with E-state index in [2.05, 4.69) is 22.9 Å². The van der Waals surface area contributed by atoms with Crippen LogP contribution in [0.2, 0.25) is 0 Å². The summed E-state index contributed by atoms with van der Waals surface area (Å²) in [4.78, 5) is 25.4. The number of benzene rings is 1. The topological polar surface area (TPSA) is 52.6 Å². The van der Waals surface area contributed by atoms with Crippen LogP contribution >= 0.6 is 15.9 Å². The predicted molar refractivity (Wildman–Crippen MR) is 112 cm³/mol. The molecule has 0 saturated carbocycles. The zero-order valence-corrected chi connectivity index (χ0v) is 18.5. The minimum absolute atomic E-state index is 0.356. The first-order valence-corrected chi connectivity index (χ1v) is 10.9. The quantitative estimate of drug-likeness (QED) is 0.153. The largest absolute Gasteiger partial charge is 0.465 e. The van der Waals surface area contributed by atoms with Gasteiger partial charge in [0.2, 0.25) is 0 Å². The molecule has 1 aromatic carbocycles. The molecule has 0 aliphatic rings. The summed E-state index contributed by atoms with van der Waals surface area (Å²) in [5.41, 5.74) is -1.24. The van der Waals surface area contributed by atoms with Gasteiger partial charge in [0, 0.05) is 4.47 Å². The van der Waals surface area contributed by atoms with E-state index >= 15 is 0 Å². The number of rotatable bonds is 13. The first kappa shape index (κ1) is 23.7. The van der Waals surface area contributed by atoms with Gasteiger partial charge >= 0.3 is 11.9 Å². The molecule has 0 saturated heterocycles. The second-order valence-corrected chi connectivity index (χ2v) is 7.81. The molecule has 0 heterocycles.